The van der Waals surface area contributed by atoms with Gasteiger partial charge in [0.15, 0.2) is 0 Å². The van der Waals surface area contributed by atoms with E-state index in [1.165, 1.54) is 51.4 Å². The van der Waals surface area contributed by atoms with Crippen LogP contribution in [0.25, 0.3) is 0 Å². The van der Waals surface area contributed by atoms with E-state index in [2.05, 4.69) is 41.5 Å². The van der Waals surface area contributed by atoms with Gasteiger partial charge >= 0.3 is 0 Å². The van der Waals surface area contributed by atoms with E-state index < -0.39 is 0 Å². The van der Waals surface area contributed by atoms with Gasteiger partial charge in [0.1, 0.15) is 0 Å². The maximum absolute atomic E-state index is 2.53. The average molecular weight is 305 g/mol. The van der Waals surface area contributed by atoms with Gasteiger partial charge in [-0.05, 0) is 67.6 Å². The molecule has 0 nitrogen and oxygen atoms in total. The fourth-order valence-electron chi connectivity index (χ4n) is 5.70. The summed E-state index contributed by atoms with van der Waals surface area (Å²) in [5.41, 5.74) is 3.75. The zero-order chi connectivity index (χ0) is 16.3. The molecule has 0 heterocycles. The summed E-state index contributed by atoms with van der Waals surface area (Å²) >= 11 is 0. The van der Waals surface area contributed by atoms with Crippen LogP contribution in [0.15, 0.2) is 11.1 Å². The lowest BCUT2D eigenvalue weighted by molar-refractivity contribution is 0.115. The zero-order valence-corrected chi connectivity index (χ0v) is 16.1. The lowest BCUT2D eigenvalue weighted by Gasteiger charge is -2.50. The molecule has 128 valence electrons. The topological polar surface area (TPSA) is 0 Å². The summed E-state index contributed by atoms with van der Waals surface area (Å²) in [6, 6.07) is 0. The molecule has 2 saturated carbocycles. The summed E-state index contributed by atoms with van der Waals surface area (Å²) < 4.78 is 0. The van der Waals surface area contributed by atoms with Crippen LogP contribution in [-0.4, -0.2) is 0 Å². The van der Waals surface area contributed by atoms with Gasteiger partial charge in [0.2, 0.25) is 0 Å². The van der Waals surface area contributed by atoms with Gasteiger partial charge in [-0.2, -0.15) is 0 Å². The van der Waals surface area contributed by atoms with Crippen LogP contribution in [0, 0.1) is 35.5 Å². The van der Waals surface area contributed by atoms with Gasteiger partial charge < -0.3 is 0 Å². The van der Waals surface area contributed by atoms with Crippen molar-refractivity contribution in [1.82, 2.24) is 0 Å². The zero-order valence-electron chi connectivity index (χ0n) is 16.1. The molecule has 0 aromatic carbocycles. The minimum atomic E-state index is 0.856. The summed E-state index contributed by atoms with van der Waals surface area (Å²) in [4.78, 5) is 0. The Morgan fingerprint density at radius 2 is 1.45 bits per heavy atom. The molecule has 0 aromatic heterocycles. The molecule has 2 fully saturated rings. The minimum absolute atomic E-state index is 0.856. The van der Waals surface area contributed by atoms with Crippen molar-refractivity contribution < 1.29 is 0 Å². The highest BCUT2D eigenvalue weighted by Crippen LogP contribution is 2.53. The summed E-state index contributed by atoms with van der Waals surface area (Å²) in [7, 11) is 0. The number of hydrogen-bond donors (Lipinski definition) is 0. The van der Waals surface area contributed by atoms with E-state index in [9.17, 15) is 0 Å². The Kier molecular flexibility index (Phi) is 6.59. The van der Waals surface area contributed by atoms with Crippen molar-refractivity contribution in [2.75, 3.05) is 0 Å². The van der Waals surface area contributed by atoms with Crippen LogP contribution in [0.3, 0.4) is 0 Å². The summed E-state index contributed by atoms with van der Waals surface area (Å²) in [5.74, 6) is 5.37. The molecule has 0 aromatic rings. The van der Waals surface area contributed by atoms with Crippen molar-refractivity contribution in [3.8, 4) is 0 Å². The van der Waals surface area contributed by atoms with Gasteiger partial charge in [-0.15, -0.1) is 0 Å². The molecular weight excluding hydrogens is 264 g/mol. The molecule has 2 aliphatic rings. The van der Waals surface area contributed by atoms with E-state index in [0.29, 0.717) is 0 Å². The Morgan fingerprint density at radius 1 is 0.864 bits per heavy atom. The van der Waals surface area contributed by atoms with Gasteiger partial charge in [0, 0.05) is 0 Å². The fraction of sp³-hybridized carbons (Fsp3) is 0.909. The molecule has 0 spiro atoms. The Balaban J connectivity index is 1.85. The monoisotopic (exact) mass is 304 g/mol. The molecule has 0 radical (unpaired) electrons. The first-order valence-electron chi connectivity index (χ1n) is 10.1. The first-order valence-corrected chi connectivity index (χ1v) is 10.1. The van der Waals surface area contributed by atoms with E-state index >= 15 is 0 Å². The maximum atomic E-state index is 2.53. The van der Waals surface area contributed by atoms with E-state index in [0.717, 1.165) is 35.5 Å². The molecule has 0 saturated heterocycles. The third kappa shape index (κ3) is 4.18. The van der Waals surface area contributed by atoms with E-state index in [-0.39, 0.29) is 0 Å². The van der Waals surface area contributed by atoms with Crippen molar-refractivity contribution in [3.05, 3.63) is 11.1 Å². The van der Waals surface area contributed by atoms with Gasteiger partial charge in [-0.1, -0.05) is 72.0 Å². The lowest BCUT2D eigenvalue weighted by Crippen LogP contribution is -2.41. The predicted octanol–water partition coefficient (Wildman–Crippen LogP) is 7.25. The number of rotatable bonds is 6. The Bertz CT molecular complexity index is 355. The van der Waals surface area contributed by atoms with Gasteiger partial charge in [0.05, 0.1) is 0 Å². The highest BCUT2D eigenvalue weighted by atomic mass is 14.5. The second kappa shape index (κ2) is 8.02. The number of hydrogen-bond acceptors (Lipinski definition) is 0. The summed E-state index contributed by atoms with van der Waals surface area (Å²) in [6.45, 7) is 14.8. The molecule has 0 N–H and O–H groups in total. The quantitative estimate of drug-likeness (QED) is 0.453. The molecular formula is C22H40. The third-order valence-electron chi connectivity index (χ3n) is 6.65. The Hall–Kier alpha value is -0.260. The molecule has 0 aliphatic heterocycles. The van der Waals surface area contributed by atoms with Crippen LogP contribution in [0.5, 0.6) is 0 Å². The average Bonchev–Trinajstić information content (AvgIpc) is 2.46. The van der Waals surface area contributed by atoms with E-state index in [1.54, 1.807) is 0 Å². The predicted molar refractivity (Wildman–Crippen MR) is 98.9 cm³/mol. The second-order valence-electron chi connectivity index (χ2n) is 9.06. The van der Waals surface area contributed by atoms with Crippen molar-refractivity contribution in [2.24, 2.45) is 35.5 Å². The second-order valence-corrected chi connectivity index (χ2v) is 9.06. The van der Waals surface area contributed by atoms with Gasteiger partial charge in [-0.3, -0.25) is 0 Å². The Labute approximate surface area is 140 Å². The maximum Gasteiger partial charge on any atom is -0.0190 e. The molecule has 4 atom stereocenters. The summed E-state index contributed by atoms with van der Waals surface area (Å²) in [6.07, 6.45) is 11.5. The van der Waals surface area contributed by atoms with Crippen LogP contribution in [-0.2, 0) is 0 Å². The highest BCUT2D eigenvalue weighted by Gasteiger charge is 2.43. The molecule has 22 heavy (non-hydrogen) atoms. The first kappa shape index (κ1) is 18.1. The van der Waals surface area contributed by atoms with Crippen molar-refractivity contribution in [1.29, 1.82) is 0 Å². The van der Waals surface area contributed by atoms with Gasteiger partial charge in [0.25, 0.3) is 0 Å². The molecule has 2 rings (SSSR count). The van der Waals surface area contributed by atoms with Crippen molar-refractivity contribution in [2.45, 2.75) is 92.9 Å². The van der Waals surface area contributed by atoms with Crippen LogP contribution < -0.4 is 0 Å². The van der Waals surface area contributed by atoms with Gasteiger partial charge in [-0.25, -0.2) is 0 Å². The van der Waals surface area contributed by atoms with Crippen LogP contribution in [0.4, 0.5) is 0 Å². The lowest BCUT2D eigenvalue weighted by atomic mass is 9.55. The number of allylic oxidation sites excluding steroid dienone is 2. The fourth-order valence-corrected chi connectivity index (χ4v) is 5.70. The molecule has 0 amide bonds. The van der Waals surface area contributed by atoms with Crippen molar-refractivity contribution in [3.63, 3.8) is 0 Å². The normalized spacial score (nSPS) is 32.0. The van der Waals surface area contributed by atoms with Crippen LogP contribution >= 0.6 is 0 Å². The first-order chi connectivity index (χ1) is 10.4. The van der Waals surface area contributed by atoms with Crippen LogP contribution in [0.2, 0.25) is 0 Å². The van der Waals surface area contributed by atoms with Crippen LogP contribution in [0.1, 0.15) is 92.9 Å². The summed E-state index contributed by atoms with van der Waals surface area (Å²) in [5, 5.41) is 0. The SMILES string of the molecule is CC(C)CC(C)CCC(C)C1C(C)C(=C2CCCCC2)C1C. The third-order valence-corrected chi connectivity index (χ3v) is 6.65. The highest BCUT2D eigenvalue weighted by molar-refractivity contribution is 5.29. The van der Waals surface area contributed by atoms with Crippen molar-refractivity contribution >= 4 is 0 Å². The minimum Gasteiger partial charge on any atom is -0.0704 e. The molecule has 0 bridgehead atoms. The standard InChI is InChI=1S/C22H40/c1-15(2)14-16(3)12-13-17(4)21-18(5)22(19(21)6)20-10-8-7-9-11-20/h15-19,21H,7-14H2,1-6H3. The molecule has 4 unspecified atom stereocenters. The molecule has 2 aliphatic carbocycles. The smallest absolute Gasteiger partial charge is 0.0190 e. The van der Waals surface area contributed by atoms with E-state index in [4.69, 9.17) is 0 Å². The van der Waals surface area contributed by atoms with E-state index in [1.807, 2.05) is 11.1 Å². The Morgan fingerprint density at radius 3 is 2.00 bits per heavy atom. The largest absolute Gasteiger partial charge is 0.0704 e. The molecule has 0 heteroatoms.